The van der Waals surface area contributed by atoms with Gasteiger partial charge in [0.2, 0.25) is 0 Å². The van der Waals surface area contributed by atoms with Gasteiger partial charge in [-0.25, -0.2) is 0 Å². The van der Waals surface area contributed by atoms with Crippen LogP contribution in [0.25, 0.3) is 0 Å². The fourth-order valence-corrected chi connectivity index (χ4v) is 2.81. The zero-order chi connectivity index (χ0) is 9.47. The highest BCUT2D eigenvalue weighted by molar-refractivity contribution is 4.96. The van der Waals surface area contributed by atoms with Crippen LogP contribution in [0.2, 0.25) is 0 Å². The summed E-state index contributed by atoms with van der Waals surface area (Å²) in [6.45, 7) is 11.3. The molecule has 0 aromatic heterocycles. The average molecular weight is 183 g/mol. The first-order valence-corrected chi connectivity index (χ1v) is 5.43. The van der Waals surface area contributed by atoms with Gasteiger partial charge < -0.3 is 10.1 Å². The Balaban J connectivity index is 2.17. The van der Waals surface area contributed by atoms with Crippen LogP contribution in [-0.2, 0) is 4.74 Å². The second-order valence-corrected chi connectivity index (χ2v) is 5.20. The summed E-state index contributed by atoms with van der Waals surface area (Å²) in [6, 6.07) is 0. The first-order valence-electron chi connectivity index (χ1n) is 5.43. The molecular formula is C11H21NO. The molecule has 2 saturated heterocycles. The number of fused-ring (bicyclic) bond motifs is 1. The van der Waals surface area contributed by atoms with Crippen LogP contribution in [0, 0.1) is 23.2 Å². The molecule has 1 N–H and O–H groups in total. The maximum atomic E-state index is 5.72. The molecule has 0 aromatic carbocycles. The number of hydrogen-bond donors (Lipinski definition) is 1. The van der Waals surface area contributed by atoms with Crippen LogP contribution in [0.3, 0.4) is 0 Å². The molecule has 2 heteroatoms. The summed E-state index contributed by atoms with van der Waals surface area (Å²) in [6.07, 6.45) is 0. The van der Waals surface area contributed by atoms with Gasteiger partial charge in [0.15, 0.2) is 0 Å². The van der Waals surface area contributed by atoms with E-state index in [0.717, 1.165) is 37.5 Å². The topological polar surface area (TPSA) is 21.3 Å². The normalized spacial score (nSPS) is 45.2. The maximum absolute atomic E-state index is 5.72. The SMILES string of the molecule is CC(C)C1(C)COCC2CNCC21. The minimum absolute atomic E-state index is 0.395. The molecule has 2 aliphatic heterocycles. The molecular weight excluding hydrogens is 162 g/mol. The van der Waals surface area contributed by atoms with E-state index in [2.05, 4.69) is 26.1 Å². The highest BCUT2D eigenvalue weighted by Crippen LogP contribution is 2.44. The van der Waals surface area contributed by atoms with E-state index in [-0.39, 0.29) is 0 Å². The summed E-state index contributed by atoms with van der Waals surface area (Å²) < 4.78 is 5.72. The predicted molar refractivity (Wildman–Crippen MR) is 53.6 cm³/mol. The lowest BCUT2D eigenvalue weighted by Crippen LogP contribution is -2.46. The molecule has 0 amide bonds. The summed E-state index contributed by atoms with van der Waals surface area (Å²) in [5, 5.41) is 3.49. The van der Waals surface area contributed by atoms with Gasteiger partial charge >= 0.3 is 0 Å². The standard InChI is InChI=1S/C11H21NO/c1-8(2)11(3)7-13-6-9-4-12-5-10(9)11/h8-10,12H,4-7H2,1-3H3. The number of ether oxygens (including phenoxy) is 1. The third-order valence-electron chi connectivity index (χ3n) is 4.25. The summed E-state index contributed by atoms with van der Waals surface area (Å²) in [5.41, 5.74) is 0.395. The molecule has 13 heavy (non-hydrogen) atoms. The fraction of sp³-hybridized carbons (Fsp3) is 1.00. The van der Waals surface area contributed by atoms with Crippen LogP contribution < -0.4 is 5.32 Å². The average Bonchev–Trinajstić information content (AvgIpc) is 2.53. The molecule has 0 radical (unpaired) electrons. The lowest BCUT2D eigenvalue weighted by molar-refractivity contribution is -0.0861. The van der Waals surface area contributed by atoms with E-state index in [1.165, 1.54) is 6.54 Å². The van der Waals surface area contributed by atoms with E-state index in [1.807, 2.05) is 0 Å². The molecule has 0 saturated carbocycles. The summed E-state index contributed by atoms with van der Waals surface area (Å²) >= 11 is 0. The first kappa shape index (κ1) is 9.47. The molecule has 2 nitrogen and oxygen atoms in total. The van der Waals surface area contributed by atoms with Crippen LogP contribution in [0.1, 0.15) is 20.8 Å². The van der Waals surface area contributed by atoms with Gasteiger partial charge in [0.05, 0.1) is 13.2 Å². The van der Waals surface area contributed by atoms with Crippen LogP contribution in [0.5, 0.6) is 0 Å². The van der Waals surface area contributed by atoms with Crippen molar-refractivity contribution in [3.05, 3.63) is 0 Å². The third kappa shape index (κ3) is 1.40. The van der Waals surface area contributed by atoms with Gasteiger partial charge in [-0.2, -0.15) is 0 Å². The predicted octanol–water partition coefficient (Wildman–Crippen LogP) is 1.51. The van der Waals surface area contributed by atoms with Crippen LogP contribution in [0.4, 0.5) is 0 Å². The van der Waals surface area contributed by atoms with Gasteiger partial charge in [-0.15, -0.1) is 0 Å². The van der Waals surface area contributed by atoms with Crippen molar-refractivity contribution in [3.8, 4) is 0 Å². The van der Waals surface area contributed by atoms with E-state index in [0.29, 0.717) is 5.41 Å². The number of hydrogen-bond acceptors (Lipinski definition) is 2. The van der Waals surface area contributed by atoms with Gasteiger partial charge in [0.25, 0.3) is 0 Å². The molecule has 2 aliphatic rings. The Hall–Kier alpha value is -0.0800. The largest absolute Gasteiger partial charge is 0.381 e. The Morgan fingerprint density at radius 1 is 1.38 bits per heavy atom. The van der Waals surface area contributed by atoms with Crippen LogP contribution >= 0.6 is 0 Å². The second kappa shape index (κ2) is 3.25. The minimum atomic E-state index is 0.395. The van der Waals surface area contributed by atoms with Crippen LogP contribution in [0.15, 0.2) is 0 Å². The molecule has 2 fully saturated rings. The summed E-state index contributed by atoms with van der Waals surface area (Å²) in [7, 11) is 0. The first-order chi connectivity index (χ1) is 6.14. The Morgan fingerprint density at radius 2 is 2.15 bits per heavy atom. The fourth-order valence-electron chi connectivity index (χ4n) is 2.81. The zero-order valence-corrected chi connectivity index (χ0v) is 8.97. The van der Waals surface area contributed by atoms with E-state index < -0.39 is 0 Å². The highest BCUT2D eigenvalue weighted by atomic mass is 16.5. The molecule has 2 heterocycles. The monoisotopic (exact) mass is 183 g/mol. The van der Waals surface area contributed by atoms with Crippen LogP contribution in [-0.4, -0.2) is 26.3 Å². The van der Waals surface area contributed by atoms with E-state index in [9.17, 15) is 0 Å². The van der Waals surface area contributed by atoms with Crippen molar-refractivity contribution in [1.82, 2.24) is 5.32 Å². The molecule has 0 bridgehead atoms. The minimum Gasteiger partial charge on any atom is -0.381 e. The molecule has 0 aliphatic carbocycles. The number of nitrogens with one attached hydrogen (secondary N) is 1. The van der Waals surface area contributed by atoms with Crippen molar-refractivity contribution < 1.29 is 4.74 Å². The van der Waals surface area contributed by atoms with Crippen molar-refractivity contribution in [2.75, 3.05) is 26.3 Å². The molecule has 3 atom stereocenters. The molecule has 3 unspecified atom stereocenters. The van der Waals surface area contributed by atoms with Crippen molar-refractivity contribution in [2.24, 2.45) is 23.2 Å². The maximum Gasteiger partial charge on any atom is 0.0525 e. The highest BCUT2D eigenvalue weighted by Gasteiger charge is 2.46. The van der Waals surface area contributed by atoms with E-state index >= 15 is 0 Å². The van der Waals surface area contributed by atoms with Crippen molar-refractivity contribution in [3.63, 3.8) is 0 Å². The second-order valence-electron chi connectivity index (χ2n) is 5.20. The third-order valence-corrected chi connectivity index (χ3v) is 4.25. The quantitative estimate of drug-likeness (QED) is 0.665. The lowest BCUT2D eigenvalue weighted by atomic mass is 9.65. The zero-order valence-electron chi connectivity index (χ0n) is 8.97. The van der Waals surface area contributed by atoms with Gasteiger partial charge in [0, 0.05) is 6.54 Å². The van der Waals surface area contributed by atoms with E-state index in [4.69, 9.17) is 4.74 Å². The van der Waals surface area contributed by atoms with Gasteiger partial charge in [0.1, 0.15) is 0 Å². The Bertz CT molecular complexity index is 193. The lowest BCUT2D eigenvalue weighted by Gasteiger charge is -2.45. The molecule has 2 rings (SSSR count). The molecule has 0 spiro atoms. The number of rotatable bonds is 1. The Labute approximate surface area is 81.0 Å². The Kier molecular flexibility index (Phi) is 2.37. The smallest absolute Gasteiger partial charge is 0.0525 e. The van der Waals surface area contributed by atoms with Crippen molar-refractivity contribution >= 4 is 0 Å². The van der Waals surface area contributed by atoms with Gasteiger partial charge in [-0.05, 0) is 29.7 Å². The molecule has 76 valence electrons. The van der Waals surface area contributed by atoms with Gasteiger partial charge in [-0.1, -0.05) is 20.8 Å². The summed E-state index contributed by atoms with van der Waals surface area (Å²) in [5.74, 6) is 2.32. The molecule has 0 aromatic rings. The Morgan fingerprint density at radius 3 is 2.85 bits per heavy atom. The van der Waals surface area contributed by atoms with Crippen molar-refractivity contribution in [2.45, 2.75) is 20.8 Å². The van der Waals surface area contributed by atoms with E-state index in [1.54, 1.807) is 0 Å². The summed E-state index contributed by atoms with van der Waals surface area (Å²) in [4.78, 5) is 0. The van der Waals surface area contributed by atoms with Gasteiger partial charge in [-0.3, -0.25) is 0 Å². The van der Waals surface area contributed by atoms with Crippen molar-refractivity contribution in [1.29, 1.82) is 0 Å².